The molecule has 0 aliphatic carbocycles. The summed E-state index contributed by atoms with van der Waals surface area (Å²) in [4.78, 5) is 12.3. The van der Waals surface area contributed by atoms with E-state index in [-0.39, 0.29) is 0 Å². The summed E-state index contributed by atoms with van der Waals surface area (Å²) in [5.74, 6) is -0.390. The third kappa shape index (κ3) is 2.54. The number of aromatic nitrogens is 3. The van der Waals surface area contributed by atoms with Crippen LogP contribution in [0, 0.1) is 0 Å². The maximum Gasteiger partial charge on any atom is 0.342 e. The molecule has 0 atom stereocenters. The van der Waals surface area contributed by atoms with E-state index in [2.05, 4.69) is 26.1 Å². The van der Waals surface area contributed by atoms with Crippen molar-refractivity contribution in [3.63, 3.8) is 0 Å². The third-order valence-electron chi connectivity index (χ3n) is 3.02. The Bertz CT molecular complexity index is 796. The molecule has 0 spiro atoms. The molecule has 0 unspecified atom stereocenters. The molecule has 0 bridgehead atoms. The Morgan fingerprint density at radius 2 is 2.05 bits per heavy atom. The molecule has 0 radical (unpaired) electrons. The summed E-state index contributed by atoms with van der Waals surface area (Å²) in [5.41, 5.74) is 2.48. The zero-order valence-corrected chi connectivity index (χ0v) is 12.9. The summed E-state index contributed by atoms with van der Waals surface area (Å²) in [6.07, 6.45) is 1.63. The van der Waals surface area contributed by atoms with Crippen LogP contribution in [0.1, 0.15) is 17.3 Å². The van der Waals surface area contributed by atoms with Gasteiger partial charge in [-0.25, -0.2) is 4.79 Å². The van der Waals surface area contributed by atoms with E-state index in [4.69, 9.17) is 4.74 Å². The minimum Gasteiger partial charge on any atom is -0.462 e. The summed E-state index contributed by atoms with van der Waals surface area (Å²) in [6.45, 7) is 2.09. The summed E-state index contributed by atoms with van der Waals surface area (Å²) < 4.78 is 7.56. The van der Waals surface area contributed by atoms with Gasteiger partial charge in [0.05, 0.1) is 6.61 Å². The van der Waals surface area contributed by atoms with E-state index >= 15 is 0 Å². The fraction of sp³-hybridized carbons (Fsp3) is 0.133. The molecule has 1 aromatic carbocycles. The number of esters is 1. The van der Waals surface area contributed by atoms with Crippen LogP contribution in [0.5, 0.6) is 0 Å². The highest BCUT2D eigenvalue weighted by Crippen LogP contribution is 2.27. The lowest BCUT2D eigenvalue weighted by molar-refractivity contribution is 0.0529. The van der Waals surface area contributed by atoms with Crippen LogP contribution in [-0.2, 0) is 4.74 Å². The van der Waals surface area contributed by atoms with Gasteiger partial charge in [-0.1, -0.05) is 28.1 Å². The molecule has 2 aromatic heterocycles. The number of fused-ring (bicyclic) bond motifs is 1. The number of halogens is 1. The number of rotatable bonds is 3. The average Bonchev–Trinajstić information content (AvgIpc) is 2.87. The van der Waals surface area contributed by atoms with Crippen LogP contribution in [0.25, 0.3) is 16.8 Å². The van der Waals surface area contributed by atoms with E-state index in [9.17, 15) is 4.79 Å². The third-order valence-corrected chi connectivity index (χ3v) is 3.55. The zero-order valence-electron chi connectivity index (χ0n) is 11.3. The SMILES string of the molecule is CCOC(=O)c1c(-c2ccc(Br)cc2)nn2ncccc12. The minimum absolute atomic E-state index is 0.316. The Labute approximate surface area is 129 Å². The second-order valence-corrected chi connectivity index (χ2v) is 5.26. The second kappa shape index (κ2) is 5.65. The average molecular weight is 346 g/mol. The van der Waals surface area contributed by atoms with Crippen molar-refractivity contribution in [3.05, 3.63) is 52.6 Å². The van der Waals surface area contributed by atoms with E-state index in [1.807, 2.05) is 24.3 Å². The van der Waals surface area contributed by atoms with Gasteiger partial charge in [-0.2, -0.15) is 9.73 Å². The first-order chi connectivity index (χ1) is 10.2. The molecular weight excluding hydrogens is 334 g/mol. The van der Waals surface area contributed by atoms with Gasteiger partial charge in [0.15, 0.2) is 0 Å². The van der Waals surface area contributed by atoms with Crippen LogP contribution in [0.2, 0.25) is 0 Å². The van der Waals surface area contributed by atoms with Crippen LogP contribution in [0.3, 0.4) is 0 Å². The summed E-state index contributed by atoms with van der Waals surface area (Å²) in [7, 11) is 0. The largest absolute Gasteiger partial charge is 0.462 e. The number of benzene rings is 1. The van der Waals surface area contributed by atoms with E-state index in [0.29, 0.717) is 23.4 Å². The molecule has 5 nitrogen and oxygen atoms in total. The van der Waals surface area contributed by atoms with E-state index < -0.39 is 5.97 Å². The maximum absolute atomic E-state index is 12.3. The van der Waals surface area contributed by atoms with Crippen LogP contribution in [0.4, 0.5) is 0 Å². The molecule has 6 heteroatoms. The smallest absolute Gasteiger partial charge is 0.342 e. The first kappa shape index (κ1) is 13.8. The molecule has 3 aromatic rings. The lowest BCUT2D eigenvalue weighted by atomic mass is 10.1. The molecule has 3 rings (SSSR count). The Morgan fingerprint density at radius 1 is 1.29 bits per heavy atom. The predicted octanol–water partition coefficient (Wildman–Crippen LogP) is 3.34. The molecule has 0 N–H and O–H groups in total. The van der Waals surface area contributed by atoms with Gasteiger partial charge in [0.1, 0.15) is 16.8 Å². The topological polar surface area (TPSA) is 56.5 Å². The summed E-state index contributed by atoms with van der Waals surface area (Å²) in [6, 6.07) is 11.2. The van der Waals surface area contributed by atoms with E-state index in [1.54, 1.807) is 25.3 Å². The van der Waals surface area contributed by atoms with Crippen LogP contribution in [-0.4, -0.2) is 27.4 Å². The van der Waals surface area contributed by atoms with Gasteiger partial charge >= 0.3 is 5.97 Å². The Hall–Kier alpha value is -2.21. The van der Waals surface area contributed by atoms with E-state index in [1.165, 1.54) is 4.63 Å². The summed E-state index contributed by atoms with van der Waals surface area (Å²) >= 11 is 3.40. The molecule has 0 aliphatic rings. The lowest BCUT2D eigenvalue weighted by Crippen LogP contribution is -2.05. The first-order valence-electron chi connectivity index (χ1n) is 6.48. The van der Waals surface area contributed by atoms with Crippen molar-refractivity contribution in [1.82, 2.24) is 14.8 Å². The molecule has 0 aliphatic heterocycles. The molecule has 2 heterocycles. The van der Waals surface area contributed by atoms with Crippen LogP contribution >= 0.6 is 15.9 Å². The van der Waals surface area contributed by atoms with Gasteiger partial charge < -0.3 is 4.74 Å². The van der Waals surface area contributed by atoms with Gasteiger partial charge in [0, 0.05) is 16.2 Å². The van der Waals surface area contributed by atoms with Crippen molar-refractivity contribution >= 4 is 27.4 Å². The number of hydrogen-bond donors (Lipinski definition) is 0. The fourth-order valence-electron chi connectivity index (χ4n) is 2.11. The highest BCUT2D eigenvalue weighted by Gasteiger charge is 2.22. The van der Waals surface area contributed by atoms with Gasteiger partial charge in [-0.05, 0) is 31.2 Å². The van der Waals surface area contributed by atoms with Crippen molar-refractivity contribution in [1.29, 1.82) is 0 Å². The van der Waals surface area contributed by atoms with Crippen LogP contribution in [0.15, 0.2) is 47.1 Å². The quantitative estimate of drug-likeness (QED) is 0.683. The van der Waals surface area contributed by atoms with Gasteiger partial charge in [-0.15, -0.1) is 5.10 Å². The Morgan fingerprint density at radius 3 is 2.76 bits per heavy atom. The predicted molar refractivity (Wildman–Crippen MR) is 82.1 cm³/mol. The van der Waals surface area contributed by atoms with Crippen molar-refractivity contribution in [2.45, 2.75) is 6.92 Å². The zero-order chi connectivity index (χ0) is 14.8. The van der Waals surface area contributed by atoms with Crippen molar-refractivity contribution in [2.75, 3.05) is 6.61 Å². The number of carbonyl (C=O) groups excluding carboxylic acids is 1. The maximum atomic E-state index is 12.3. The Balaban J connectivity index is 2.23. The highest BCUT2D eigenvalue weighted by atomic mass is 79.9. The lowest BCUT2D eigenvalue weighted by Gasteiger charge is -2.03. The first-order valence-corrected chi connectivity index (χ1v) is 7.27. The molecule has 0 saturated heterocycles. The fourth-order valence-corrected chi connectivity index (χ4v) is 2.37. The minimum atomic E-state index is -0.390. The molecule has 0 amide bonds. The molecule has 106 valence electrons. The molecular formula is C15H12BrN3O2. The molecule has 21 heavy (non-hydrogen) atoms. The molecule has 0 saturated carbocycles. The van der Waals surface area contributed by atoms with Crippen LogP contribution < -0.4 is 0 Å². The van der Waals surface area contributed by atoms with Gasteiger partial charge in [0.25, 0.3) is 0 Å². The van der Waals surface area contributed by atoms with Crippen molar-refractivity contribution in [3.8, 4) is 11.3 Å². The second-order valence-electron chi connectivity index (χ2n) is 4.35. The number of ether oxygens (including phenoxy) is 1. The van der Waals surface area contributed by atoms with Gasteiger partial charge in [-0.3, -0.25) is 0 Å². The van der Waals surface area contributed by atoms with Crippen molar-refractivity contribution in [2.24, 2.45) is 0 Å². The molecule has 0 fully saturated rings. The summed E-state index contributed by atoms with van der Waals surface area (Å²) in [5, 5.41) is 8.54. The Kier molecular flexibility index (Phi) is 3.70. The monoisotopic (exact) mass is 345 g/mol. The number of carbonyl (C=O) groups is 1. The van der Waals surface area contributed by atoms with Gasteiger partial charge in [0.2, 0.25) is 0 Å². The van der Waals surface area contributed by atoms with E-state index in [0.717, 1.165) is 10.0 Å². The highest BCUT2D eigenvalue weighted by molar-refractivity contribution is 9.10. The number of nitrogens with zero attached hydrogens (tertiary/aromatic N) is 3. The standard InChI is InChI=1S/C15H12BrN3O2/c1-2-21-15(20)13-12-4-3-9-17-19(12)18-14(13)10-5-7-11(16)8-6-10/h3-9H,2H2,1H3. The van der Waals surface area contributed by atoms with Crippen molar-refractivity contribution < 1.29 is 9.53 Å². The number of hydrogen-bond acceptors (Lipinski definition) is 4. The normalized spacial score (nSPS) is 10.8.